The van der Waals surface area contributed by atoms with E-state index < -0.39 is 0 Å². The summed E-state index contributed by atoms with van der Waals surface area (Å²) in [6.07, 6.45) is 6.77. The van der Waals surface area contributed by atoms with E-state index in [0.29, 0.717) is 23.1 Å². The van der Waals surface area contributed by atoms with Crippen LogP contribution in [0.15, 0.2) is 36.5 Å². The number of hydrogen-bond donors (Lipinski definition) is 3. The van der Waals surface area contributed by atoms with Gasteiger partial charge in [0.05, 0.1) is 36.5 Å². The van der Waals surface area contributed by atoms with Gasteiger partial charge in [-0.25, -0.2) is 4.98 Å². The van der Waals surface area contributed by atoms with E-state index in [1.807, 2.05) is 17.0 Å². The van der Waals surface area contributed by atoms with Crippen molar-refractivity contribution in [3.05, 3.63) is 47.3 Å². The molecule has 0 radical (unpaired) electrons. The lowest BCUT2D eigenvalue weighted by atomic mass is 9.96. The Kier molecular flexibility index (Phi) is 6.83. The fourth-order valence-electron chi connectivity index (χ4n) is 4.85. The molecule has 184 valence electrons. The van der Waals surface area contributed by atoms with E-state index in [-0.39, 0.29) is 11.8 Å². The first-order valence-corrected chi connectivity index (χ1v) is 12.3. The van der Waals surface area contributed by atoms with Crippen LogP contribution in [0.1, 0.15) is 25.0 Å². The standard InChI is InChI=1S/C26H30ClN5O3/c1-34-23-14-22(24(35-2)13-19(23)27)30-20-5-9-29-25-18(20)12-21(31-25)16-6-10-32(11-7-16)26(33)17-4-3-8-28-15-17/h5-6,9,12-14,17,28H,3-4,7-8,10-11,15H2,1-2H3,(H2,29,30,31). The molecule has 9 heteroatoms. The number of aromatic nitrogens is 2. The Balaban J connectivity index is 1.37. The van der Waals surface area contributed by atoms with Crippen molar-refractivity contribution in [1.82, 2.24) is 20.2 Å². The molecule has 3 N–H and O–H groups in total. The summed E-state index contributed by atoms with van der Waals surface area (Å²) in [5.41, 5.74) is 4.64. The largest absolute Gasteiger partial charge is 0.495 e. The molecule has 1 unspecified atom stereocenters. The minimum atomic E-state index is 0.105. The molecule has 2 aromatic heterocycles. The number of halogens is 1. The molecule has 1 amide bonds. The van der Waals surface area contributed by atoms with Crippen LogP contribution in [0.2, 0.25) is 5.02 Å². The van der Waals surface area contributed by atoms with Crippen LogP contribution < -0.4 is 20.1 Å². The van der Waals surface area contributed by atoms with Crippen molar-refractivity contribution in [3.8, 4) is 11.5 Å². The first kappa shape index (κ1) is 23.5. The topological polar surface area (TPSA) is 91.5 Å². The number of amides is 1. The number of aromatic amines is 1. The van der Waals surface area contributed by atoms with E-state index in [1.54, 1.807) is 26.5 Å². The van der Waals surface area contributed by atoms with E-state index in [1.165, 1.54) is 5.57 Å². The summed E-state index contributed by atoms with van der Waals surface area (Å²) in [7, 11) is 3.19. The van der Waals surface area contributed by atoms with Gasteiger partial charge >= 0.3 is 0 Å². The van der Waals surface area contributed by atoms with Crippen molar-refractivity contribution in [2.45, 2.75) is 19.3 Å². The van der Waals surface area contributed by atoms with Crippen LogP contribution in [-0.2, 0) is 4.79 Å². The van der Waals surface area contributed by atoms with Gasteiger partial charge in [0.2, 0.25) is 5.91 Å². The number of nitrogens with one attached hydrogen (secondary N) is 3. The quantitative estimate of drug-likeness (QED) is 0.463. The maximum absolute atomic E-state index is 12.9. The number of H-pyrrole nitrogens is 1. The number of hydrogen-bond acceptors (Lipinski definition) is 6. The van der Waals surface area contributed by atoms with Crippen molar-refractivity contribution < 1.29 is 14.3 Å². The van der Waals surface area contributed by atoms with Crippen molar-refractivity contribution in [3.63, 3.8) is 0 Å². The average Bonchev–Trinajstić information content (AvgIpc) is 3.35. The Morgan fingerprint density at radius 2 is 2.06 bits per heavy atom. The third-order valence-corrected chi connectivity index (χ3v) is 7.08. The van der Waals surface area contributed by atoms with E-state index in [0.717, 1.165) is 67.0 Å². The number of methoxy groups -OCH3 is 2. The van der Waals surface area contributed by atoms with Gasteiger partial charge in [-0.2, -0.15) is 0 Å². The summed E-state index contributed by atoms with van der Waals surface area (Å²) in [5, 5.41) is 8.23. The van der Waals surface area contributed by atoms with Crippen LogP contribution in [0.25, 0.3) is 16.6 Å². The zero-order valence-electron chi connectivity index (χ0n) is 20.0. The molecule has 2 aliphatic rings. The summed E-state index contributed by atoms with van der Waals surface area (Å²) in [4.78, 5) is 22.8. The maximum Gasteiger partial charge on any atom is 0.227 e. The Bertz CT molecular complexity index is 1270. The van der Waals surface area contributed by atoms with Crippen LogP contribution in [0.5, 0.6) is 11.5 Å². The SMILES string of the molecule is COc1cc(Nc2ccnc3[nH]c(C4=CCN(C(=O)C5CCCNC5)CC4)cc23)c(OC)cc1Cl. The number of ether oxygens (including phenoxy) is 2. The number of nitrogens with zero attached hydrogens (tertiary/aromatic N) is 2. The molecule has 5 rings (SSSR count). The lowest BCUT2D eigenvalue weighted by Crippen LogP contribution is -2.44. The fraction of sp³-hybridized carbons (Fsp3) is 0.385. The molecule has 3 aromatic rings. The van der Waals surface area contributed by atoms with Gasteiger partial charge < -0.3 is 30.0 Å². The highest BCUT2D eigenvalue weighted by Crippen LogP contribution is 2.39. The predicted octanol–water partition coefficient (Wildman–Crippen LogP) is 4.59. The molecule has 35 heavy (non-hydrogen) atoms. The number of piperidine rings is 1. The number of benzene rings is 1. The Morgan fingerprint density at radius 1 is 1.20 bits per heavy atom. The molecule has 0 bridgehead atoms. The van der Waals surface area contributed by atoms with E-state index in [4.69, 9.17) is 21.1 Å². The minimum absolute atomic E-state index is 0.105. The summed E-state index contributed by atoms with van der Waals surface area (Å²) in [6, 6.07) is 7.58. The molecule has 4 heterocycles. The van der Waals surface area contributed by atoms with Gasteiger partial charge in [-0.15, -0.1) is 0 Å². The van der Waals surface area contributed by atoms with Gasteiger partial charge in [-0.05, 0) is 43.5 Å². The summed E-state index contributed by atoms with van der Waals surface area (Å²) in [6.45, 7) is 3.17. The molecule has 8 nitrogen and oxygen atoms in total. The molecule has 0 saturated carbocycles. The van der Waals surface area contributed by atoms with E-state index >= 15 is 0 Å². The molecule has 0 spiro atoms. The number of rotatable bonds is 6. The second kappa shape index (κ2) is 10.2. The third kappa shape index (κ3) is 4.81. The minimum Gasteiger partial charge on any atom is -0.495 e. The first-order chi connectivity index (χ1) is 17.1. The number of pyridine rings is 1. The van der Waals surface area contributed by atoms with Crippen LogP contribution in [0.4, 0.5) is 11.4 Å². The summed E-state index contributed by atoms with van der Waals surface area (Å²) < 4.78 is 10.9. The van der Waals surface area contributed by atoms with E-state index in [2.05, 4.69) is 32.7 Å². The fourth-order valence-corrected chi connectivity index (χ4v) is 5.08. The van der Waals surface area contributed by atoms with Gasteiger partial charge in [0.15, 0.2) is 0 Å². The van der Waals surface area contributed by atoms with Crippen molar-refractivity contribution in [2.75, 3.05) is 45.7 Å². The molecular weight excluding hydrogens is 466 g/mol. The molecule has 1 fully saturated rings. The molecule has 0 aliphatic carbocycles. The highest BCUT2D eigenvalue weighted by atomic mass is 35.5. The highest BCUT2D eigenvalue weighted by Gasteiger charge is 2.27. The van der Waals surface area contributed by atoms with Gasteiger partial charge in [0.25, 0.3) is 0 Å². The Hall–Kier alpha value is -3.23. The van der Waals surface area contributed by atoms with Gasteiger partial charge in [0.1, 0.15) is 17.1 Å². The molecule has 1 atom stereocenters. The molecular formula is C26H30ClN5O3. The smallest absolute Gasteiger partial charge is 0.227 e. The van der Waals surface area contributed by atoms with Crippen molar-refractivity contribution in [2.24, 2.45) is 5.92 Å². The number of fused-ring (bicyclic) bond motifs is 1. The second-order valence-corrected chi connectivity index (χ2v) is 9.33. The van der Waals surface area contributed by atoms with Crippen molar-refractivity contribution >= 4 is 45.5 Å². The lowest BCUT2D eigenvalue weighted by molar-refractivity contribution is -0.135. The average molecular weight is 496 g/mol. The lowest BCUT2D eigenvalue weighted by Gasteiger charge is -2.31. The molecule has 1 aromatic carbocycles. The first-order valence-electron chi connectivity index (χ1n) is 11.9. The van der Waals surface area contributed by atoms with Crippen LogP contribution in [0, 0.1) is 5.92 Å². The van der Waals surface area contributed by atoms with Crippen LogP contribution in [-0.4, -0.2) is 61.2 Å². The zero-order valence-corrected chi connectivity index (χ0v) is 20.7. The van der Waals surface area contributed by atoms with E-state index in [9.17, 15) is 4.79 Å². The number of carbonyl (C=O) groups is 1. The monoisotopic (exact) mass is 495 g/mol. The van der Waals surface area contributed by atoms with Gasteiger partial charge in [-0.1, -0.05) is 17.7 Å². The molecule has 2 aliphatic heterocycles. The summed E-state index contributed by atoms with van der Waals surface area (Å²) in [5.74, 6) is 1.55. The number of anilines is 2. The third-order valence-electron chi connectivity index (χ3n) is 6.79. The van der Waals surface area contributed by atoms with Crippen molar-refractivity contribution in [1.29, 1.82) is 0 Å². The van der Waals surface area contributed by atoms with Crippen LogP contribution >= 0.6 is 11.6 Å². The Morgan fingerprint density at radius 3 is 2.77 bits per heavy atom. The zero-order chi connectivity index (χ0) is 24.4. The Labute approximate surface area is 209 Å². The predicted molar refractivity (Wildman–Crippen MR) is 139 cm³/mol. The number of carbonyl (C=O) groups excluding carboxylic acids is 1. The van der Waals surface area contributed by atoms with Gasteiger partial charge in [0, 0.05) is 49.0 Å². The van der Waals surface area contributed by atoms with Crippen LogP contribution in [0.3, 0.4) is 0 Å². The summed E-state index contributed by atoms with van der Waals surface area (Å²) >= 11 is 6.26. The normalized spacial score (nSPS) is 18.3. The molecule has 1 saturated heterocycles. The second-order valence-electron chi connectivity index (χ2n) is 8.92. The maximum atomic E-state index is 12.9. The van der Waals surface area contributed by atoms with Gasteiger partial charge in [-0.3, -0.25) is 4.79 Å². The highest BCUT2D eigenvalue weighted by molar-refractivity contribution is 6.32.